The quantitative estimate of drug-likeness (QED) is 0.0272. The summed E-state index contributed by atoms with van der Waals surface area (Å²) in [4.78, 5) is 25.7. The van der Waals surface area contributed by atoms with Gasteiger partial charge < -0.3 is 28.8 Å². The third kappa shape index (κ3) is 71.4. The molecule has 0 aromatic rings. The fourth-order valence-corrected chi connectivity index (χ4v) is 12.2. The van der Waals surface area contributed by atoms with Gasteiger partial charge in [-0.25, -0.2) is 0 Å². The summed E-state index contributed by atoms with van der Waals surface area (Å²) in [5, 5.41) is 14.0. The van der Waals surface area contributed by atoms with Gasteiger partial charge in [-0.1, -0.05) is 356 Å². The summed E-state index contributed by atoms with van der Waals surface area (Å²) in [5.41, 5.74) is 0. The van der Waals surface area contributed by atoms with Crippen molar-refractivity contribution in [2.45, 2.75) is 386 Å². The van der Waals surface area contributed by atoms with Crippen LogP contribution in [0.2, 0.25) is 0 Å². The van der Waals surface area contributed by atoms with Gasteiger partial charge in [-0.05, 0) is 83.5 Å². The van der Waals surface area contributed by atoms with Crippen LogP contribution in [0, 0.1) is 0 Å². The highest BCUT2D eigenvalue weighted by Gasteiger charge is 2.23. The fraction of sp³-hybridized carbons (Fsp3) is 0.835. The second-order valence-corrected chi connectivity index (χ2v) is 28.7. The molecular formula is C79H149N2O6P. The average molecular weight is 1250 g/mol. The maximum atomic E-state index is 13.1. The smallest absolute Gasteiger partial charge is 0.268 e. The molecule has 0 radical (unpaired) electrons. The van der Waals surface area contributed by atoms with Crippen molar-refractivity contribution < 1.29 is 32.9 Å². The van der Waals surface area contributed by atoms with Gasteiger partial charge in [-0.2, -0.15) is 0 Å². The van der Waals surface area contributed by atoms with Gasteiger partial charge in [0.1, 0.15) is 13.2 Å². The topological polar surface area (TPSA) is 108 Å². The average Bonchev–Trinajstić information content (AvgIpc) is 3.70. The van der Waals surface area contributed by atoms with Crippen molar-refractivity contribution in [1.82, 2.24) is 5.32 Å². The number of aliphatic hydroxyl groups is 1. The van der Waals surface area contributed by atoms with E-state index in [-0.39, 0.29) is 12.5 Å². The van der Waals surface area contributed by atoms with Crippen LogP contribution < -0.4 is 10.2 Å². The van der Waals surface area contributed by atoms with E-state index in [1.165, 1.54) is 295 Å². The third-order valence-corrected chi connectivity index (χ3v) is 18.3. The van der Waals surface area contributed by atoms with Crippen molar-refractivity contribution in [3.05, 3.63) is 72.9 Å². The van der Waals surface area contributed by atoms with E-state index in [4.69, 9.17) is 9.05 Å². The molecule has 8 nitrogen and oxygen atoms in total. The van der Waals surface area contributed by atoms with E-state index in [1.807, 2.05) is 27.2 Å². The Morgan fingerprint density at radius 2 is 0.670 bits per heavy atom. The number of quaternary nitrogens is 1. The SMILES string of the molecule is CCCCCCC/C=C\C/C=C\C/C=C\CCCCCCCCCCCCCCCCCCCCCCCCC(=O)NC(COP(=O)([O-])OCC[N+](C)(C)C)C(O)/C=C/CC/C=C/CC/C=C/CCCCCCCCCCCCCCCCCCCCC. The molecule has 516 valence electrons. The van der Waals surface area contributed by atoms with Crippen LogP contribution in [0.15, 0.2) is 72.9 Å². The number of nitrogens with zero attached hydrogens (tertiary/aromatic N) is 1. The van der Waals surface area contributed by atoms with E-state index in [0.717, 1.165) is 57.8 Å². The summed E-state index contributed by atoms with van der Waals surface area (Å²) in [5.74, 6) is -0.206. The number of phosphoric acid groups is 1. The molecule has 0 aliphatic carbocycles. The molecule has 0 bridgehead atoms. The Hall–Kier alpha value is -2.06. The predicted molar refractivity (Wildman–Crippen MR) is 385 cm³/mol. The van der Waals surface area contributed by atoms with Gasteiger partial charge in [-0.3, -0.25) is 9.36 Å². The highest BCUT2D eigenvalue weighted by atomic mass is 31.2. The van der Waals surface area contributed by atoms with Crippen molar-refractivity contribution in [1.29, 1.82) is 0 Å². The summed E-state index contributed by atoms with van der Waals surface area (Å²) in [7, 11) is 1.25. The number of amides is 1. The summed E-state index contributed by atoms with van der Waals surface area (Å²) >= 11 is 0. The number of likely N-dealkylation sites (N-methyl/N-ethyl adjacent to an activating group) is 1. The van der Waals surface area contributed by atoms with E-state index in [0.29, 0.717) is 17.4 Å². The second kappa shape index (κ2) is 69.3. The first-order chi connectivity index (χ1) is 43.0. The first-order valence-corrected chi connectivity index (χ1v) is 39.8. The van der Waals surface area contributed by atoms with Crippen LogP contribution in [-0.2, 0) is 18.4 Å². The van der Waals surface area contributed by atoms with Crippen LogP contribution in [0.5, 0.6) is 0 Å². The minimum absolute atomic E-state index is 0.00924. The van der Waals surface area contributed by atoms with Crippen LogP contribution in [0.3, 0.4) is 0 Å². The third-order valence-electron chi connectivity index (χ3n) is 17.4. The lowest BCUT2D eigenvalue weighted by atomic mass is 10.0. The standard InChI is InChI=1S/C79H149N2O6P/c1-6-8-10-12-14-16-18-20-22-24-26-28-30-32-34-36-37-38-39-40-41-42-43-45-47-49-51-53-55-57-59-61-63-65-67-69-71-73-79(83)80-77(76-87-88(84,85)86-75-74-81(3,4)5)78(82)72-70-68-66-64-62-60-58-56-54-52-50-48-46-44-35-33-31-29-27-25-23-21-19-17-15-13-11-9-7-2/h18,20,24,26,30,32,54,56,62,64,70,72,77-78,82H,6-17,19,21-23,25,27-29,31,33-53,55,57-61,63,65-69,71,73-76H2,1-5H3,(H-,80,83,84,85)/b20-18-,26-24-,32-30-,56-54+,64-62+,72-70+. The normalized spacial score (nSPS) is 13.9. The van der Waals surface area contributed by atoms with E-state index in [2.05, 4.69) is 79.9 Å². The predicted octanol–water partition coefficient (Wildman–Crippen LogP) is 24.3. The highest BCUT2D eigenvalue weighted by molar-refractivity contribution is 7.45. The first kappa shape index (κ1) is 85.9. The summed E-state index contributed by atoms with van der Waals surface area (Å²) < 4.78 is 23.5. The van der Waals surface area contributed by atoms with Gasteiger partial charge in [0.25, 0.3) is 7.82 Å². The maximum Gasteiger partial charge on any atom is 0.268 e. The van der Waals surface area contributed by atoms with E-state index in [9.17, 15) is 19.4 Å². The number of allylic oxidation sites excluding steroid dienone is 11. The number of phosphoric ester groups is 1. The van der Waals surface area contributed by atoms with Gasteiger partial charge in [-0.15, -0.1) is 0 Å². The largest absolute Gasteiger partial charge is 0.756 e. The lowest BCUT2D eigenvalue weighted by molar-refractivity contribution is -0.870. The van der Waals surface area contributed by atoms with Crippen molar-refractivity contribution in [3.63, 3.8) is 0 Å². The molecule has 0 spiro atoms. The molecule has 1 amide bonds. The Morgan fingerprint density at radius 3 is 1.00 bits per heavy atom. The van der Waals surface area contributed by atoms with Crippen molar-refractivity contribution >= 4 is 13.7 Å². The number of carbonyl (C=O) groups is 1. The molecule has 0 aliphatic heterocycles. The molecule has 0 aromatic carbocycles. The Morgan fingerprint density at radius 1 is 0.398 bits per heavy atom. The van der Waals surface area contributed by atoms with Gasteiger partial charge >= 0.3 is 0 Å². The number of carbonyl (C=O) groups excluding carboxylic acids is 1. The first-order valence-electron chi connectivity index (χ1n) is 38.3. The molecule has 0 aliphatic rings. The zero-order valence-electron chi connectivity index (χ0n) is 59.2. The number of rotatable bonds is 71. The number of hydrogen-bond acceptors (Lipinski definition) is 6. The van der Waals surface area contributed by atoms with Crippen molar-refractivity contribution in [2.24, 2.45) is 0 Å². The molecule has 9 heteroatoms. The molecule has 0 heterocycles. The zero-order valence-corrected chi connectivity index (χ0v) is 60.1. The molecule has 0 saturated carbocycles. The lowest BCUT2D eigenvalue weighted by Gasteiger charge is -2.29. The molecule has 0 aromatic heterocycles. The summed E-state index contributed by atoms with van der Waals surface area (Å²) in [6.07, 6.45) is 97.8. The lowest BCUT2D eigenvalue weighted by Crippen LogP contribution is -2.45. The summed E-state index contributed by atoms with van der Waals surface area (Å²) in [6, 6.07) is -0.913. The molecule has 88 heavy (non-hydrogen) atoms. The number of aliphatic hydroxyl groups excluding tert-OH is 1. The van der Waals surface area contributed by atoms with Crippen LogP contribution in [-0.4, -0.2) is 68.5 Å². The minimum Gasteiger partial charge on any atom is -0.756 e. The molecule has 0 fully saturated rings. The fourth-order valence-electron chi connectivity index (χ4n) is 11.4. The van der Waals surface area contributed by atoms with Gasteiger partial charge in [0.05, 0.1) is 39.9 Å². The number of nitrogens with one attached hydrogen (secondary N) is 1. The monoisotopic (exact) mass is 1250 g/mol. The Balaban J connectivity index is 4.03. The van der Waals surface area contributed by atoms with Crippen LogP contribution in [0.1, 0.15) is 373 Å². The molecule has 0 rings (SSSR count). The number of unbranched alkanes of at least 4 members (excludes halogenated alkanes) is 48. The van der Waals surface area contributed by atoms with Crippen LogP contribution in [0.25, 0.3) is 0 Å². The Kier molecular flexibility index (Phi) is 67.7. The molecule has 0 saturated heterocycles. The van der Waals surface area contributed by atoms with E-state index in [1.54, 1.807) is 6.08 Å². The highest BCUT2D eigenvalue weighted by Crippen LogP contribution is 2.38. The maximum absolute atomic E-state index is 13.1. The number of hydrogen-bond donors (Lipinski definition) is 2. The van der Waals surface area contributed by atoms with Gasteiger partial charge in [0.2, 0.25) is 5.91 Å². The molecule has 3 unspecified atom stereocenters. The van der Waals surface area contributed by atoms with Crippen LogP contribution in [0.4, 0.5) is 0 Å². The van der Waals surface area contributed by atoms with Crippen molar-refractivity contribution in [3.8, 4) is 0 Å². The zero-order chi connectivity index (χ0) is 64.1. The molecule has 2 N–H and O–H groups in total. The summed E-state index contributed by atoms with van der Waals surface area (Å²) in [6.45, 7) is 4.66. The molecular weight excluding hydrogens is 1100 g/mol. The van der Waals surface area contributed by atoms with Crippen molar-refractivity contribution in [2.75, 3.05) is 40.9 Å². The van der Waals surface area contributed by atoms with Gasteiger partial charge in [0, 0.05) is 6.42 Å². The van der Waals surface area contributed by atoms with E-state index >= 15 is 0 Å². The van der Waals surface area contributed by atoms with Gasteiger partial charge in [0.15, 0.2) is 0 Å². The Labute approximate surface area is 548 Å². The van der Waals surface area contributed by atoms with E-state index < -0.39 is 26.6 Å². The Bertz CT molecular complexity index is 1670. The van der Waals surface area contributed by atoms with Crippen LogP contribution >= 0.6 is 7.82 Å². The second-order valence-electron chi connectivity index (χ2n) is 27.3. The minimum atomic E-state index is -4.62. The molecule has 3 atom stereocenters.